The molecule has 1 aliphatic rings. The van der Waals surface area contributed by atoms with E-state index in [4.69, 9.17) is 9.47 Å². The number of rotatable bonds is 8. The second-order valence-corrected chi connectivity index (χ2v) is 10.5. The molecule has 41 heavy (non-hydrogen) atoms. The smallest absolute Gasteiger partial charge is 0.338 e. The van der Waals surface area contributed by atoms with Crippen LogP contribution in [0.1, 0.15) is 61.1 Å². The van der Waals surface area contributed by atoms with Crippen molar-refractivity contribution in [3.05, 3.63) is 143 Å². The van der Waals surface area contributed by atoms with E-state index in [9.17, 15) is 9.59 Å². The Morgan fingerprint density at radius 3 is 1.37 bits per heavy atom. The zero-order valence-corrected chi connectivity index (χ0v) is 24.0. The molecule has 0 unspecified atom stereocenters. The molecule has 0 spiro atoms. The van der Waals surface area contributed by atoms with Gasteiger partial charge in [0.1, 0.15) is 11.5 Å². The van der Waals surface area contributed by atoms with Gasteiger partial charge in [-0.2, -0.15) is 0 Å². The number of esters is 2. The molecule has 0 radical (unpaired) electrons. The van der Waals surface area contributed by atoms with E-state index in [0.29, 0.717) is 22.6 Å². The molecule has 0 atom stereocenters. The van der Waals surface area contributed by atoms with Crippen molar-refractivity contribution in [1.29, 1.82) is 0 Å². The molecule has 0 fully saturated rings. The lowest BCUT2D eigenvalue weighted by Crippen LogP contribution is -2.31. The first kappa shape index (κ1) is 27.9. The fourth-order valence-electron chi connectivity index (χ4n) is 5.93. The Morgan fingerprint density at radius 2 is 1.00 bits per heavy atom. The molecule has 0 bridgehead atoms. The van der Waals surface area contributed by atoms with Crippen LogP contribution in [-0.4, -0.2) is 11.9 Å². The van der Waals surface area contributed by atoms with Gasteiger partial charge in [-0.05, 0) is 95.5 Å². The number of carbonyl (C=O) groups is 2. The van der Waals surface area contributed by atoms with Gasteiger partial charge in [0.25, 0.3) is 0 Å². The molecule has 5 rings (SSSR count). The van der Waals surface area contributed by atoms with Crippen LogP contribution in [0.5, 0.6) is 11.5 Å². The molecule has 0 heterocycles. The first-order valence-corrected chi connectivity index (χ1v) is 13.9. The summed E-state index contributed by atoms with van der Waals surface area (Å²) in [6.07, 6.45) is 1.46. The Balaban J connectivity index is 1.82. The Morgan fingerprint density at radius 1 is 0.610 bits per heavy atom. The summed E-state index contributed by atoms with van der Waals surface area (Å²) in [5, 5.41) is 0. The molecule has 1 aliphatic carbocycles. The number of benzene rings is 4. The third-order valence-electron chi connectivity index (χ3n) is 7.79. The zero-order chi connectivity index (χ0) is 29.3. The highest BCUT2D eigenvalue weighted by Gasteiger charge is 2.47. The second-order valence-electron chi connectivity index (χ2n) is 10.5. The molecule has 0 saturated carbocycles. The molecule has 0 N–H and O–H groups in total. The summed E-state index contributed by atoms with van der Waals surface area (Å²) in [7, 11) is 0. The summed E-state index contributed by atoms with van der Waals surface area (Å²) in [4.78, 5) is 24.7. The SMILES string of the molecule is C=C(C)C(=O)Oc1ccc(C2(c3ccc(OC(=O)C(=C)C)cc3CC)c3ccccc3-c3ccccc32)c(CC)c1. The lowest BCUT2D eigenvalue weighted by atomic mass is 9.64. The molecule has 4 heteroatoms. The third-order valence-corrected chi connectivity index (χ3v) is 7.79. The number of hydrogen-bond donors (Lipinski definition) is 0. The van der Waals surface area contributed by atoms with E-state index < -0.39 is 17.4 Å². The van der Waals surface area contributed by atoms with Crippen LogP contribution in [0, 0.1) is 0 Å². The maximum atomic E-state index is 12.3. The number of fused-ring (bicyclic) bond motifs is 3. The highest BCUT2D eigenvalue weighted by atomic mass is 16.5. The van der Waals surface area contributed by atoms with Crippen LogP contribution in [0.4, 0.5) is 0 Å². The molecule has 0 aliphatic heterocycles. The first-order valence-electron chi connectivity index (χ1n) is 13.9. The fourth-order valence-corrected chi connectivity index (χ4v) is 5.93. The van der Waals surface area contributed by atoms with Gasteiger partial charge in [-0.3, -0.25) is 0 Å². The van der Waals surface area contributed by atoms with Gasteiger partial charge in [-0.15, -0.1) is 0 Å². The molecule has 4 aromatic rings. The predicted octanol–water partition coefficient (Wildman–Crippen LogP) is 8.14. The Labute approximate surface area is 242 Å². The van der Waals surface area contributed by atoms with Crippen LogP contribution in [0.2, 0.25) is 0 Å². The molecule has 0 saturated heterocycles. The number of hydrogen-bond acceptors (Lipinski definition) is 4. The van der Waals surface area contributed by atoms with Crippen molar-refractivity contribution in [1.82, 2.24) is 0 Å². The van der Waals surface area contributed by atoms with Gasteiger partial charge < -0.3 is 9.47 Å². The summed E-state index contributed by atoms with van der Waals surface area (Å²) in [6, 6.07) is 29.0. The summed E-state index contributed by atoms with van der Waals surface area (Å²) in [6.45, 7) is 14.9. The lowest BCUT2D eigenvalue weighted by Gasteiger charge is -2.37. The second kappa shape index (κ2) is 11.1. The molecular formula is C37H34O4. The van der Waals surface area contributed by atoms with Gasteiger partial charge in [0.15, 0.2) is 0 Å². The van der Waals surface area contributed by atoms with E-state index in [-0.39, 0.29) is 0 Å². The molecular weight excluding hydrogens is 508 g/mol. The monoisotopic (exact) mass is 542 g/mol. The van der Waals surface area contributed by atoms with Gasteiger partial charge in [0, 0.05) is 11.1 Å². The van der Waals surface area contributed by atoms with Crippen molar-refractivity contribution in [3.8, 4) is 22.6 Å². The highest BCUT2D eigenvalue weighted by Crippen LogP contribution is 2.57. The van der Waals surface area contributed by atoms with Crippen LogP contribution in [0.3, 0.4) is 0 Å². The minimum atomic E-state index is -0.641. The standard InChI is InChI=1S/C37H34O4/c1-7-25-21-27(40-35(38)23(3)4)17-19-31(25)37(32-20-18-28(22-26(32)8-2)41-36(39)24(5)6)33-15-11-9-13-29(33)30-14-10-12-16-34(30)37/h9-22H,3,5,7-8H2,1-2,4,6H3. The van der Waals surface area contributed by atoms with Gasteiger partial charge in [0.2, 0.25) is 0 Å². The van der Waals surface area contributed by atoms with Crippen LogP contribution < -0.4 is 9.47 Å². The molecule has 4 nitrogen and oxygen atoms in total. The molecule has 206 valence electrons. The summed E-state index contributed by atoms with van der Waals surface area (Å²) in [5.74, 6) is 0.0932. The maximum Gasteiger partial charge on any atom is 0.338 e. The zero-order valence-electron chi connectivity index (χ0n) is 24.0. The summed E-state index contributed by atoms with van der Waals surface area (Å²) < 4.78 is 11.3. The van der Waals surface area contributed by atoms with E-state index in [2.05, 4.69) is 87.7 Å². The van der Waals surface area contributed by atoms with E-state index in [1.54, 1.807) is 13.8 Å². The Bertz CT molecular complexity index is 1580. The molecule has 0 aromatic heterocycles. The van der Waals surface area contributed by atoms with E-state index >= 15 is 0 Å². The van der Waals surface area contributed by atoms with Crippen molar-refractivity contribution in [2.24, 2.45) is 0 Å². The highest BCUT2D eigenvalue weighted by molar-refractivity contribution is 5.90. The average molecular weight is 543 g/mol. The largest absolute Gasteiger partial charge is 0.423 e. The van der Waals surface area contributed by atoms with Crippen molar-refractivity contribution in [2.75, 3.05) is 0 Å². The van der Waals surface area contributed by atoms with Crippen LogP contribution in [0.25, 0.3) is 11.1 Å². The Hall–Kier alpha value is -4.70. The van der Waals surface area contributed by atoms with Gasteiger partial charge >= 0.3 is 11.9 Å². The summed E-state index contributed by atoms with van der Waals surface area (Å²) >= 11 is 0. The molecule has 0 amide bonds. The first-order chi connectivity index (χ1) is 19.7. The lowest BCUT2D eigenvalue weighted by molar-refractivity contribution is -0.130. The van der Waals surface area contributed by atoms with Crippen molar-refractivity contribution < 1.29 is 19.1 Å². The molecule has 4 aromatic carbocycles. The van der Waals surface area contributed by atoms with E-state index in [1.165, 1.54) is 22.3 Å². The summed E-state index contributed by atoms with van der Waals surface area (Å²) in [5.41, 5.74) is 9.18. The van der Waals surface area contributed by atoms with Crippen LogP contribution >= 0.6 is 0 Å². The van der Waals surface area contributed by atoms with Gasteiger partial charge in [0.05, 0.1) is 5.41 Å². The predicted molar refractivity (Wildman–Crippen MR) is 163 cm³/mol. The van der Waals surface area contributed by atoms with Crippen molar-refractivity contribution in [3.63, 3.8) is 0 Å². The van der Waals surface area contributed by atoms with Gasteiger partial charge in [-0.25, -0.2) is 9.59 Å². The van der Waals surface area contributed by atoms with Gasteiger partial charge in [-0.1, -0.05) is 87.7 Å². The van der Waals surface area contributed by atoms with E-state index in [0.717, 1.165) is 35.1 Å². The van der Waals surface area contributed by atoms with E-state index in [1.807, 2.05) is 24.3 Å². The minimum absolute atomic E-state index is 0.349. The number of aryl methyl sites for hydroxylation is 2. The minimum Gasteiger partial charge on any atom is -0.423 e. The quantitative estimate of drug-likeness (QED) is 0.113. The number of carbonyl (C=O) groups excluding carboxylic acids is 2. The third kappa shape index (κ3) is 4.70. The van der Waals surface area contributed by atoms with Crippen molar-refractivity contribution >= 4 is 11.9 Å². The van der Waals surface area contributed by atoms with Crippen LogP contribution in [0.15, 0.2) is 109 Å². The Kier molecular flexibility index (Phi) is 7.51. The van der Waals surface area contributed by atoms with Crippen molar-refractivity contribution in [2.45, 2.75) is 46.0 Å². The maximum absolute atomic E-state index is 12.3. The normalized spacial score (nSPS) is 12.7. The fraction of sp³-hybridized carbons (Fsp3) is 0.189. The average Bonchev–Trinajstić information content (AvgIpc) is 3.27. The van der Waals surface area contributed by atoms with Crippen LogP contribution in [-0.2, 0) is 27.8 Å². The number of ether oxygens (including phenoxy) is 2. The topological polar surface area (TPSA) is 52.6 Å².